The molecule has 11 heteroatoms. The van der Waals surface area contributed by atoms with Gasteiger partial charge in [0.1, 0.15) is 17.9 Å². The number of carbonyl (C=O) groups is 1. The zero-order valence-electron chi connectivity index (χ0n) is 15.2. The van der Waals surface area contributed by atoms with Crippen LogP contribution < -0.4 is 11.0 Å². The number of amides is 1. The van der Waals surface area contributed by atoms with Crippen LogP contribution in [-0.4, -0.2) is 55.7 Å². The first-order valence-electron chi connectivity index (χ1n) is 8.61. The molecule has 0 aliphatic carbocycles. The molecule has 0 radical (unpaired) electrons. The Labute approximate surface area is 179 Å². The monoisotopic (exact) mass is 450 g/mol. The number of halogens is 2. The number of H-pyrrole nitrogens is 1. The van der Waals surface area contributed by atoms with Crippen LogP contribution in [0.25, 0.3) is 11.0 Å². The lowest BCUT2D eigenvalue weighted by molar-refractivity contribution is 0.0183. The van der Waals surface area contributed by atoms with E-state index in [0.29, 0.717) is 10.5 Å². The normalized spacial score (nSPS) is 13.8. The van der Waals surface area contributed by atoms with Gasteiger partial charge >= 0.3 is 0 Å². The van der Waals surface area contributed by atoms with E-state index < -0.39 is 36.0 Å². The number of nitrogens with zero attached hydrogens (tertiary/aromatic N) is 2. The van der Waals surface area contributed by atoms with Crippen LogP contribution in [0.5, 0.6) is 0 Å². The molecule has 3 rings (SSSR count). The zero-order valence-corrected chi connectivity index (χ0v) is 16.7. The molecular formula is C19H16Cl2N4O5. The third kappa shape index (κ3) is 4.66. The van der Waals surface area contributed by atoms with Crippen LogP contribution in [0.3, 0.4) is 0 Å². The van der Waals surface area contributed by atoms with E-state index in [4.69, 9.17) is 23.2 Å². The van der Waals surface area contributed by atoms with Gasteiger partial charge in [0.2, 0.25) is 0 Å². The highest BCUT2D eigenvalue weighted by molar-refractivity contribution is 6.33. The lowest BCUT2D eigenvalue weighted by Crippen LogP contribution is -2.41. The number of aromatic nitrogens is 2. The summed E-state index contributed by atoms with van der Waals surface area (Å²) in [6.07, 6.45) is -3.51. The van der Waals surface area contributed by atoms with Crippen molar-refractivity contribution in [2.45, 2.75) is 12.2 Å². The van der Waals surface area contributed by atoms with Crippen molar-refractivity contribution in [3.05, 3.63) is 74.1 Å². The topological polar surface area (TPSA) is 148 Å². The van der Waals surface area contributed by atoms with Gasteiger partial charge in [0.15, 0.2) is 5.69 Å². The quantitative estimate of drug-likeness (QED) is 0.280. The van der Waals surface area contributed by atoms with E-state index in [-0.39, 0.29) is 21.8 Å². The van der Waals surface area contributed by atoms with Crippen molar-refractivity contribution < 1.29 is 20.1 Å². The Balaban J connectivity index is 2.07. The van der Waals surface area contributed by atoms with Crippen molar-refractivity contribution in [1.82, 2.24) is 15.4 Å². The molecule has 1 amide bonds. The molecular weight excluding hydrogens is 435 g/mol. The standard InChI is InChI=1S/C19H16Cl2N4O5/c20-9-5-6-12-13(7-9)22-16(19(30)23-12)15(17(28)14(27)8-26)24-25-18(29)10-3-1-2-4-11(10)21/h1-7,14,17,26-28H,8H2,(H,23,30)(H,25,29)/b24-15-. The predicted molar refractivity (Wildman–Crippen MR) is 112 cm³/mol. The Morgan fingerprint density at radius 1 is 1.20 bits per heavy atom. The number of aliphatic hydroxyl groups excluding tert-OH is 3. The second-order valence-corrected chi connectivity index (χ2v) is 7.03. The highest BCUT2D eigenvalue weighted by Crippen LogP contribution is 2.16. The minimum absolute atomic E-state index is 0.103. The number of hydrogen-bond donors (Lipinski definition) is 5. The molecule has 5 N–H and O–H groups in total. The fourth-order valence-corrected chi connectivity index (χ4v) is 2.98. The Kier molecular flexibility index (Phi) is 6.80. The Morgan fingerprint density at radius 2 is 1.93 bits per heavy atom. The first kappa shape index (κ1) is 21.9. The first-order valence-corrected chi connectivity index (χ1v) is 9.36. The molecule has 0 spiro atoms. The van der Waals surface area contributed by atoms with Crippen molar-refractivity contribution in [1.29, 1.82) is 0 Å². The maximum atomic E-state index is 12.5. The smallest absolute Gasteiger partial charge is 0.276 e. The zero-order chi connectivity index (χ0) is 21.8. The van der Waals surface area contributed by atoms with Gasteiger partial charge < -0.3 is 20.3 Å². The van der Waals surface area contributed by atoms with Crippen LogP contribution in [0, 0.1) is 0 Å². The number of carbonyl (C=O) groups excluding carboxylic acids is 1. The maximum absolute atomic E-state index is 12.5. The van der Waals surface area contributed by atoms with E-state index in [1.54, 1.807) is 24.3 Å². The van der Waals surface area contributed by atoms with Crippen LogP contribution >= 0.6 is 23.2 Å². The molecule has 1 heterocycles. The molecule has 2 atom stereocenters. The summed E-state index contributed by atoms with van der Waals surface area (Å²) in [5.74, 6) is -0.718. The Bertz CT molecular complexity index is 1180. The van der Waals surface area contributed by atoms with Crippen LogP contribution in [0.15, 0.2) is 52.4 Å². The molecule has 0 aliphatic heterocycles. The largest absolute Gasteiger partial charge is 0.394 e. The summed E-state index contributed by atoms with van der Waals surface area (Å²) in [4.78, 5) is 31.6. The molecule has 2 aromatic carbocycles. The van der Waals surface area contributed by atoms with Gasteiger partial charge in [-0.2, -0.15) is 5.10 Å². The van der Waals surface area contributed by atoms with Gasteiger partial charge in [0.25, 0.3) is 11.5 Å². The number of hydrogen-bond acceptors (Lipinski definition) is 7. The lowest BCUT2D eigenvalue weighted by Gasteiger charge is -2.17. The third-order valence-corrected chi connectivity index (χ3v) is 4.69. The second-order valence-electron chi connectivity index (χ2n) is 6.19. The van der Waals surface area contributed by atoms with Crippen molar-refractivity contribution >= 4 is 45.9 Å². The average molecular weight is 451 g/mol. The number of fused-ring (bicyclic) bond motifs is 1. The van der Waals surface area contributed by atoms with Gasteiger partial charge in [0, 0.05) is 5.02 Å². The molecule has 0 bridgehead atoms. The molecule has 9 nitrogen and oxygen atoms in total. The number of benzene rings is 2. The Morgan fingerprint density at radius 3 is 2.63 bits per heavy atom. The number of hydrazone groups is 1. The first-order chi connectivity index (χ1) is 14.3. The van der Waals surface area contributed by atoms with E-state index in [0.717, 1.165) is 0 Å². The van der Waals surface area contributed by atoms with Crippen molar-refractivity contribution in [3.8, 4) is 0 Å². The van der Waals surface area contributed by atoms with Gasteiger partial charge in [-0.1, -0.05) is 35.3 Å². The number of aliphatic hydroxyl groups is 3. The molecule has 156 valence electrons. The van der Waals surface area contributed by atoms with Gasteiger partial charge in [0.05, 0.1) is 28.2 Å². The molecule has 0 saturated carbocycles. The van der Waals surface area contributed by atoms with Crippen LogP contribution in [-0.2, 0) is 0 Å². The molecule has 0 aliphatic rings. The molecule has 30 heavy (non-hydrogen) atoms. The minimum atomic E-state index is -1.83. The molecule has 0 fully saturated rings. The molecule has 0 saturated heterocycles. The van der Waals surface area contributed by atoms with E-state index in [9.17, 15) is 24.9 Å². The lowest BCUT2D eigenvalue weighted by atomic mass is 10.1. The van der Waals surface area contributed by atoms with E-state index >= 15 is 0 Å². The summed E-state index contributed by atoms with van der Waals surface area (Å²) < 4.78 is 0. The SMILES string of the molecule is O=C(N/N=C(/c1nc2cc(Cl)ccc2[nH]c1=O)C(O)C(O)CO)c1ccccc1Cl. The van der Waals surface area contributed by atoms with E-state index in [2.05, 4.69) is 20.5 Å². The number of nitrogens with one attached hydrogen (secondary N) is 2. The van der Waals surface area contributed by atoms with Crippen LogP contribution in [0.1, 0.15) is 16.1 Å². The highest BCUT2D eigenvalue weighted by atomic mass is 35.5. The number of aromatic amines is 1. The average Bonchev–Trinajstić information content (AvgIpc) is 2.73. The van der Waals surface area contributed by atoms with E-state index in [1.807, 2.05) is 0 Å². The summed E-state index contributed by atoms with van der Waals surface area (Å²) in [5.41, 5.74) is 1.38. The van der Waals surface area contributed by atoms with Gasteiger partial charge in [-0.25, -0.2) is 10.4 Å². The van der Waals surface area contributed by atoms with Crippen molar-refractivity contribution in [2.75, 3.05) is 6.61 Å². The molecule has 3 aromatic rings. The molecule has 2 unspecified atom stereocenters. The maximum Gasteiger partial charge on any atom is 0.276 e. The minimum Gasteiger partial charge on any atom is -0.394 e. The van der Waals surface area contributed by atoms with Crippen molar-refractivity contribution in [3.63, 3.8) is 0 Å². The van der Waals surface area contributed by atoms with Gasteiger partial charge in [-0.05, 0) is 30.3 Å². The predicted octanol–water partition coefficient (Wildman–Crippen LogP) is 1.08. The van der Waals surface area contributed by atoms with Gasteiger partial charge in [-0.15, -0.1) is 0 Å². The fourth-order valence-electron chi connectivity index (χ4n) is 2.59. The fraction of sp³-hybridized carbons (Fsp3) is 0.158. The third-order valence-electron chi connectivity index (χ3n) is 4.13. The summed E-state index contributed by atoms with van der Waals surface area (Å²) in [6, 6.07) is 10.8. The Hall–Kier alpha value is -2.82. The summed E-state index contributed by atoms with van der Waals surface area (Å²) >= 11 is 11.9. The van der Waals surface area contributed by atoms with Crippen molar-refractivity contribution in [2.24, 2.45) is 5.10 Å². The van der Waals surface area contributed by atoms with E-state index in [1.165, 1.54) is 18.2 Å². The number of rotatable bonds is 6. The van der Waals surface area contributed by atoms with Crippen LogP contribution in [0.4, 0.5) is 0 Å². The second kappa shape index (κ2) is 9.33. The summed E-state index contributed by atoms with van der Waals surface area (Å²) in [5, 5.41) is 33.7. The summed E-state index contributed by atoms with van der Waals surface area (Å²) in [7, 11) is 0. The highest BCUT2D eigenvalue weighted by Gasteiger charge is 2.27. The van der Waals surface area contributed by atoms with Crippen LogP contribution in [0.2, 0.25) is 10.0 Å². The summed E-state index contributed by atoms with van der Waals surface area (Å²) in [6.45, 7) is -0.823. The molecule has 1 aromatic heterocycles. The van der Waals surface area contributed by atoms with Gasteiger partial charge in [-0.3, -0.25) is 9.59 Å².